The van der Waals surface area contributed by atoms with Crippen LogP contribution in [0.25, 0.3) is 0 Å². The first-order valence-corrected chi connectivity index (χ1v) is 5.50. The zero-order chi connectivity index (χ0) is 10.6. The molecule has 0 aromatic carbocycles. The Bertz CT molecular complexity index is 282. The number of amides is 1. The Hall–Kier alpha value is -0.870. The molecule has 0 aliphatic heterocycles. The summed E-state index contributed by atoms with van der Waals surface area (Å²) < 4.78 is 0. The number of aliphatic hydroxyl groups is 1. The van der Waals surface area contributed by atoms with E-state index in [1.54, 1.807) is 11.0 Å². The van der Waals surface area contributed by atoms with Gasteiger partial charge in [0.25, 0.3) is 5.91 Å². The van der Waals surface area contributed by atoms with Gasteiger partial charge >= 0.3 is 0 Å². The molecule has 0 fully saturated rings. The maximum atomic E-state index is 11.9. The van der Waals surface area contributed by atoms with Gasteiger partial charge in [0, 0.05) is 12.6 Å². The Morgan fingerprint density at radius 2 is 2.36 bits per heavy atom. The second-order valence-electron chi connectivity index (χ2n) is 3.29. The molecule has 1 heterocycles. The highest BCUT2D eigenvalue weighted by Crippen LogP contribution is 2.13. The average molecular weight is 213 g/mol. The first kappa shape index (κ1) is 11.2. The zero-order valence-corrected chi connectivity index (χ0v) is 9.25. The molecule has 1 rings (SSSR count). The molecule has 0 aliphatic carbocycles. The summed E-state index contributed by atoms with van der Waals surface area (Å²) >= 11 is 1.43. The second kappa shape index (κ2) is 5.12. The van der Waals surface area contributed by atoms with Gasteiger partial charge in [-0.05, 0) is 25.3 Å². The molecular weight excluding hydrogens is 198 g/mol. The van der Waals surface area contributed by atoms with E-state index in [0.717, 1.165) is 4.88 Å². The van der Waals surface area contributed by atoms with E-state index in [0.29, 0.717) is 6.54 Å². The lowest BCUT2D eigenvalue weighted by atomic mass is 10.3. The van der Waals surface area contributed by atoms with Gasteiger partial charge < -0.3 is 10.0 Å². The van der Waals surface area contributed by atoms with Crippen molar-refractivity contribution in [3.63, 3.8) is 0 Å². The molecule has 3 nitrogen and oxygen atoms in total. The zero-order valence-electron chi connectivity index (χ0n) is 8.43. The number of carbonyl (C=O) groups excluding carboxylic acids is 1. The number of nitrogens with zero attached hydrogens (tertiary/aromatic N) is 1. The van der Waals surface area contributed by atoms with Gasteiger partial charge in [0.05, 0.1) is 11.5 Å². The SMILES string of the molecule is CC(C)N(CCO)C(=O)c1cccs1. The Morgan fingerprint density at radius 3 is 2.79 bits per heavy atom. The third-order valence-corrected chi connectivity index (χ3v) is 2.81. The van der Waals surface area contributed by atoms with Crippen molar-refractivity contribution in [2.75, 3.05) is 13.2 Å². The highest BCUT2D eigenvalue weighted by atomic mass is 32.1. The number of hydrogen-bond donors (Lipinski definition) is 1. The van der Waals surface area contributed by atoms with Crippen molar-refractivity contribution in [3.05, 3.63) is 22.4 Å². The summed E-state index contributed by atoms with van der Waals surface area (Å²) in [5.74, 6) is 0.00375. The quantitative estimate of drug-likeness (QED) is 0.825. The monoisotopic (exact) mass is 213 g/mol. The fraction of sp³-hybridized carbons (Fsp3) is 0.500. The molecular formula is C10H15NO2S. The van der Waals surface area contributed by atoms with Crippen LogP contribution in [0.15, 0.2) is 17.5 Å². The molecule has 0 saturated heterocycles. The Balaban J connectivity index is 2.74. The van der Waals surface area contributed by atoms with Gasteiger partial charge in [0.1, 0.15) is 0 Å². The smallest absolute Gasteiger partial charge is 0.264 e. The number of rotatable bonds is 4. The highest BCUT2D eigenvalue weighted by molar-refractivity contribution is 7.12. The number of aliphatic hydroxyl groups excluding tert-OH is 1. The molecule has 0 atom stereocenters. The summed E-state index contributed by atoms with van der Waals surface area (Å²) in [6.45, 7) is 4.30. The minimum absolute atomic E-state index is 0.00375. The lowest BCUT2D eigenvalue weighted by molar-refractivity contribution is 0.0670. The van der Waals surface area contributed by atoms with Crippen LogP contribution < -0.4 is 0 Å². The average Bonchev–Trinajstić information content (AvgIpc) is 2.65. The van der Waals surface area contributed by atoms with E-state index in [1.165, 1.54) is 11.3 Å². The van der Waals surface area contributed by atoms with E-state index in [9.17, 15) is 4.79 Å². The summed E-state index contributed by atoms with van der Waals surface area (Å²) in [6, 6.07) is 3.78. The Morgan fingerprint density at radius 1 is 1.64 bits per heavy atom. The Labute approximate surface area is 88.0 Å². The lowest BCUT2D eigenvalue weighted by Crippen LogP contribution is -2.38. The Kier molecular flexibility index (Phi) is 4.10. The van der Waals surface area contributed by atoms with Crippen molar-refractivity contribution >= 4 is 17.2 Å². The molecule has 0 saturated carbocycles. The van der Waals surface area contributed by atoms with Crippen LogP contribution in [-0.2, 0) is 0 Å². The van der Waals surface area contributed by atoms with Crippen LogP contribution in [0.4, 0.5) is 0 Å². The van der Waals surface area contributed by atoms with E-state index in [4.69, 9.17) is 5.11 Å². The van der Waals surface area contributed by atoms with Crippen molar-refractivity contribution in [2.45, 2.75) is 19.9 Å². The van der Waals surface area contributed by atoms with Crippen LogP contribution in [0.5, 0.6) is 0 Å². The molecule has 0 unspecified atom stereocenters. The molecule has 4 heteroatoms. The topological polar surface area (TPSA) is 40.5 Å². The lowest BCUT2D eigenvalue weighted by Gasteiger charge is -2.25. The van der Waals surface area contributed by atoms with E-state index < -0.39 is 0 Å². The van der Waals surface area contributed by atoms with Gasteiger partial charge in [-0.2, -0.15) is 0 Å². The predicted molar refractivity (Wildman–Crippen MR) is 57.6 cm³/mol. The van der Waals surface area contributed by atoms with Crippen molar-refractivity contribution < 1.29 is 9.90 Å². The van der Waals surface area contributed by atoms with E-state index >= 15 is 0 Å². The fourth-order valence-electron chi connectivity index (χ4n) is 1.24. The van der Waals surface area contributed by atoms with Crippen molar-refractivity contribution in [1.82, 2.24) is 4.90 Å². The van der Waals surface area contributed by atoms with Crippen molar-refractivity contribution in [3.8, 4) is 0 Å². The van der Waals surface area contributed by atoms with Crippen LogP contribution in [0.1, 0.15) is 23.5 Å². The van der Waals surface area contributed by atoms with Crippen LogP contribution in [0.3, 0.4) is 0 Å². The first-order valence-electron chi connectivity index (χ1n) is 4.62. The summed E-state index contributed by atoms with van der Waals surface area (Å²) in [4.78, 5) is 14.3. The minimum atomic E-state index is 0.00375. The largest absolute Gasteiger partial charge is 0.395 e. The molecule has 0 bridgehead atoms. The summed E-state index contributed by atoms with van der Waals surface area (Å²) in [7, 11) is 0. The van der Waals surface area contributed by atoms with Gasteiger partial charge in [0.2, 0.25) is 0 Å². The molecule has 78 valence electrons. The number of thiophene rings is 1. The first-order chi connectivity index (χ1) is 6.66. The molecule has 1 aromatic rings. The summed E-state index contributed by atoms with van der Waals surface area (Å²) in [6.07, 6.45) is 0. The molecule has 1 N–H and O–H groups in total. The molecule has 1 aromatic heterocycles. The minimum Gasteiger partial charge on any atom is -0.395 e. The molecule has 1 amide bonds. The normalized spacial score (nSPS) is 10.6. The maximum absolute atomic E-state index is 11.9. The van der Waals surface area contributed by atoms with Gasteiger partial charge in [-0.25, -0.2) is 0 Å². The van der Waals surface area contributed by atoms with Gasteiger partial charge in [-0.3, -0.25) is 4.79 Å². The van der Waals surface area contributed by atoms with Crippen molar-refractivity contribution in [2.24, 2.45) is 0 Å². The summed E-state index contributed by atoms with van der Waals surface area (Å²) in [5, 5.41) is 10.7. The molecule has 0 aliphatic rings. The molecule has 14 heavy (non-hydrogen) atoms. The van der Waals surface area contributed by atoms with Gasteiger partial charge in [-0.15, -0.1) is 11.3 Å². The standard InChI is InChI=1S/C10H15NO2S/c1-8(2)11(5-6-12)10(13)9-4-3-7-14-9/h3-4,7-8,12H,5-6H2,1-2H3. The summed E-state index contributed by atoms with van der Waals surface area (Å²) in [5.41, 5.74) is 0. The fourth-order valence-corrected chi connectivity index (χ4v) is 1.92. The van der Waals surface area contributed by atoms with E-state index in [-0.39, 0.29) is 18.6 Å². The number of hydrogen-bond acceptors (Lipinski definition) is 3. The van der Waals surface area contributed by atoms with Crippen LogP contribution in [0.2, 0.25) is 0 Å². The molecule has 0 spiro atoms. The van der Waals surface area contributed by atoms with Crippen LogP contribution in [0, 0.1) is 0 Å². The van der Waals surface area contributed by atoms with Gasteiger partial charge in [0.15, 0.2) is 0 Å². The third-order valence-electron chi connectivity index (χ3n) is 1.96. The second-order valence-corrected chi connectivity index (χ2v) is 4.24. The van der Waals surface area contributed by atoms with Crippen LogP contribution >= 0.6 is 11.3 Å². The van der Waals surface area contributed by atoms with Crippen LogP contribution in [-0.4, -0.2) is 35.1 Å². The van der Waals surface area contributed by atoms with Gasteiger partial charge in [-0.1, -0.05) is 6.07 Å². The molecule has 0 radical (unpaired) electrons. The van der Waals surface area contributed by atoms with E-state index in [1.807, 2.05) is 25.3 Å². The van der Waals surface area contributed by atoms with E-state index in [2.05, 4.69) is 0 Å². The van der Waals surface area contributed by atoms with Crippen molar-refractivity contribution in [1.29, 1.82) is 0 Å². The maximum Gasteiger partial charge on any atom is 0.264 e. The number of carbonyl (C=O) groups is 1. The highest BCUT2D eigenvalue weighted by Gasteiger charge is 2.18. The third kappa shape index (κ3) is 2.56. The predicted octanol–water partition coefficient (Wildman–Crippen LogP) is 1.59.